The van der Waals surface area contributed by atoms with Crippen LogP contribution in [0.15, 0.2) is 5.10 Å². The molecular formula is C17H32N4O2. The fourth-order valence-corrected chi connectivity index (χ4v) is 3.01. The van der Waals surface area contributed by atoms with Gasteiger partial charge in [0.15, 0.2) is 0 Å². The first-order valence-electron chi connectivity index (χ1n) is 8.96. The molecule has 0 atom stereocenters. The van der Waals surface area contributed by atoms with E-state index in [2.05, 4.69) is 15.8 Å². The Labute approximate surface area is 139 Å². The molecule has 0 aromatic carbocycles. The number of urea groups is 1. The molecule has 1 aliphatic rings. The van der Waals surface area contributed by atoms with Crippen molar-refractivity contribution in [3.8, 4) is 0 Å². The van der Waals surface area contributed by atoms with Crippen LogP contribution < -0.4 is 16.5 Å². The summed E-state index contributed by atoms with van der Waals surface area (Å²) < 4.78 is 0. The number of hydrogen-bond acceptors (Lipinski definition) is 3. The van der Waals surface area contributed by atoms with Crippen molar-refractivity contribution in [3.05, 3.63) is 0 Å². The molecule has 1 rings (SSSR count). The predicted molar refractivity (Wildman–Crippen MR) is 93.2 cm³/mol. The van der Waals surface area contributed by atoms with Crippen molar-refractivity contribution in [2.45, 2.75) is 90.0 Å². The molecule has 0 saturated heterocycles. The molecule has 1 saturated carbocycles. The second-order valence-electron chi connectivity index (χ2n) is 6.52. The summed E-state index contributed by atoms with van der Waals surface area (Å²) >= 11 is 0. The molecule has 3 amide bonds. The average molecular weight is 324 g/mol. The predicted octanol–water partition coefficient (Wildman–Crippen LogP) is 3.21. The summed E-state index contributed by atoms with van der Waals surface area (Å²) in [5, 5.41) is 6.90. The zero-order valence-electron chi connectivity index (χ0n) is 14.4. The lowest BCUT2D eigenvalue weighted by molar-refractivity contribution is -0.120. The van der Waals surface area contributed by atoms with Gasteiger partial charge in [-0.15, -0.1) is 0 Å². The van der Waals surface area contributed by atoms with Crippen molar-refractivity contribution in [3.63, 3.8) is 0 Å². The first-order valence-corrected chi connectivity index (χ1v) is 8.96. The molecule has 6 nitrogen and oxygen atoms in total. The second kappa shape index (κ2) is 11.9. The minimum Gasteiger partial charge on any atom is -0.353 e. The van der Waals surface area contributed by atoms with Gasteiger partial charge in [0.2, 0.25) is 5.91 Å². The highest BCUT2D eigenvalue weighted by Gasteiger charge is 2.13. The molecule has 6 heteroatoms. The van der Waals surface area contributed by atoms with Crippen LogP contribution in [0.25, 0.3) is 0 Å². The van der Waals surface area contributed by atoms with E-state index in [0.717, 1.165) is 12.8 Å². The van der Waals surface area contributed by atoms with Gasteiger partial charge in [0, 0.05) is 11.8 Å². The van der Waals surface area contributed by atoms with Crippen LogP contribution >= 0.6 is 0 Å². The first kappa shape index (κ1) is 19.5. The van der Waals surface area contributed by atoms with Gasteiger partial charge in [-0.25, -0.2) is 10.2 Å². The zero-order chi connectivity index (χ0) is 16.9. The number of nitrogens with zero attached hydrogens (tertiary/aromatic N) is 1. The zero-order valence-corrected chi connectivity index (χ0v) is 14.4. The van der Waals surface area contributed by atoms with E-state index < -0.39 is 6.03 Å². The van der Waals surface area contributed by atoms with Crippen molar-refractivity contribution in [2.75, 3.05) is 0 Å². The molecule has 0 spiro atoms. The van der Waals surface area contributed by atoms with Crippen molar-refractivity contribution < 1.29 is 9.59 Å². The van der Waals surface area contributed by atoms with Gasteiger partial charge >= 0.3 is 6.03 Å². The van der Waals surface area contributed by atoms with E-state index in [-0.39, 0.29) is 18.4 Å². The van der Waals surface area contributed by atoms with Crippen molar-refractivity contribution >= 4 is 17.6 Å². The van der Waals surface area contributed by atoms with Crippen LogP contribution in [-0.4, -0.2) is 23.7 Å². The minimum absolute atomic E-state index is 0.0328. The molecule has 4 N–H and O–H groups in total. The third kappa shape index (κ3) is 10.7. The summed E-state index contributed by atoms with van der Waals surface area (Å²) in [5.41, 5.74) is 7.64. The molecule has 0 aromatic heterocycles. The van der Waals surface area contributed by atoms with Gasteiger partial charge in [0.25, 0.3) is 0 Å². The van der Waals surface area contributed by atoms with Crippen molar-refractivity contribution in [2.24, 2.45) is 10.8 Å². The number of nitrogens with two attached hydrogens (primary N) is 1. The summed E-state index contributed by atoms with van der Waals surface area (Å²) in [6.45, 7) is 1.70. The van der Waals surface area contributed by atoms with Crippen LogP contribution in [0, 0.1) is 0 Å². The normalized spacial score (nSPS) is 19.3. The first-order chi connectivity index (χ1) is 11.1. The molecule has 0 radical (unpaired) electrons. The van der Waals surface area contributed by atoms with Crippen molar-refractivity contribution in [1.29, 1.82) is 0 Å². The summed E-state index contributed by atoms with van der Waals surface area (Å²) in [6, 6.07) is -0.456. The number of rotatable bonds is 4. The average Bonchev–Trinajstić information content (AvgIpc) is 2.48. The Morgan fingerprint density at radius 3 is 1.91 bits per heavy atom. The van der Waals surface area contributed by atoms with Gasteiger partial charge in [0.05, 0.1) is 6.42 Å². The maximum Gasteiger partial charge on any atom is 0.332 e. The molecule has 0 unspecified atom stereocenters. The number of hydrazone groups is 1. The summed E-state index contributed by atoms with van der Waals surface area (Å²) in [5.74, 6) is -0.0328. The smallest absolute Gasteiger partial charge is 0.332 e. The highest BCUT2D eigenvalue weighted by molar-refractivity contribution is 6.00. The van der Waals surface area contributed by atoms with Gasteiger partial charge in [-0.2, -0.15) is 5.10 Å². The number of hydrogen-bond donors (Lipinski definition) is 3. The second-order valence-corrected chi connectivity index (χ2v) is 6.52. The number of carbonyl (C=O) groups is 2. The highest BCUT2D eigenvalue weighted by Crippen LogP contribution is 2.17. The molecule has 132 valence electrons. The maximum atomic E-state index is 12.1. The third-order valence-electron chi connectivity index (χ3n) is 4.24. The Morgan fingerprint density at radius 2 is 1.43 bits per heavy atom. The fraction of sp³-hybridized carbons (Fsp3) is 0.824. The van der Waals surface area contributed by atoms with Crippen LogP contribution in [0.2, 0.25) is 0 Å². The van der Waals surface area contributed by atoms with Crippen LogP contribution in [0.1, 0.15) is 84.0 Å². The van der Waals surface area contributed by atoms with Gasteiger partial charge in [-0.05, 0) is 19.8 Å². The van der Waals surface area contributed by atoms with E-state index in [0.29, 0.717) is 5.71 Å². The van der Waals surface area contributed by atoms with Gasteiger partial charge in [-0.3, -0.25) is 4.79 Å². The molecular weight excluding hydrogens is 292 g/mol. The quantitative estimate of drug-likeness (QED) is 0.547. The van der Waals surface area contributed by atoms with E-state index in [1.54, 1.807) is 6.92 Å². The lowest BCUT2D eigenvalue weighted by Crippen LogP contribution is -2.36. The van der Waals surface area contributed by atoms with Crippen LogP contribution in [-0.2, 0) is 4.79 Å². The monoisotopic (exact) mass is 324 g/mol. The molecule has 1 fully saturated rings. The van der Waals surface area contributed by atoms with E-state index in [4.69, 9.17) is 5.73 Å². The van der Waals surface area contributed by atoms with E-state index in [1.165, 1.54) is 57.8 Å². The minimum atomic E-state index is -0.718. The lowest BCUT2D eigenvalue weighted by atomic mass is 9.98. The SMILES string of the molecule is C/C(CC(=O)NC1CCCCCCCCCCC1)=N/NC(N)=O. The molecule has 1 aliphatic carbocycles. The third-order valence-corrected chi connectivity index (χ3v) is 4.24. The number of nitrogens with one attached hydrogen (secondary N) is 2. The Bertz CT molecular complexity index is 384. The van der Waals surface area contributed by atoms with E-state index >= 15 is 0 Å². The maximum absolute atomic E-state index is 12.1. The topological polar surface area (TPSA) is 96.6 Å². The van der Waals surface area contributed by atoms with Gasteiger partial charge < -0.3 is 11.1 Å². The van der Waals surface area contributed by atoms with Gasteiger partial charge in [-0.1, -0.05) is 57.8 Å². The molecule has 23 heavy (non-hydrogen) atoms. The van der Waals surface area contributed by atoms with E-state index in [1.807, 2.05) is 0 Å². The summed E-state index contributed by atoms with van der Waals surface area (Å²) in [7, 11) is 0. The summed E-state index contributed by atoms with van der Waals surface area (Å²) in [6.07, 6.45) is 13.9. The number of carbonyl (C=O) groups excluding carboxylic acids is 2. The van der Waals surface area contributed by atoms with Crippen LogP contribution in [0.3, 0.4) is 0 Å². The Hall–Kier alpha value is -1.59. The Kier molecular flexibility index (Phi) is 10.1. The Balaban J connectivity index is 2.38. The standard InChI is InChI=1S/C17H32N4O2/c1-14(20-21-17(18)23)13-16(22)19-15-11-9-7-5-3-2-4-6-8-10-12-15/h15H,2-13H2,1H3,(H,19,22)(H3,18,21,23)/b20-14-. The highest BCUT2D eigenvalue weighted by atomic mass is 16.2. The van der Waals surface area contributed by atoms with Crippen LogP contribution in [0.5, 0.6) is 0 Å². The number of primary amides is 1. The van der Waals surface area contributed by atoms with E-state index in [9.17, 15) is 9.59 Å². The van der Waals surface area contributed by atoms with Gasteiger partial charge in [0.1, 0.15) is 0 Å². The summed E-state index contributed by atoms with van der Waals surface area (Å²) in [4.78, 5) is 22.7. The largest absolute Gasteiger partial charge is 0.353 e. The Morgan fingerprint density at radius 1 is 0.957 bits per heavy atom. The van der Waals surface area contributed by atoms with Crippen molar-refractivity contribution in [1.82, 2.24) is 10.7 Å². The number of amides is 3. The lowest BCUT2D eigenvalue weighted by Gasteiger charge is -2.19. The fourth-order valence-electron chi connectivity index (χ4n) is 3.01. The molecule has 0 aliphatic heterocycles. The molecule has 0 aromatic rings. The molecule has 0 heterocycles. The van der Waals surface area contributed by atoms with Crippen LogP contribution in [0.4, 0.5) is 4.79 Å². The molecule has 0 bridgehead atoms.